The summed E-state index contributed by atoms with van der Waals surface area (Å²) in [5.74, 6) is 1.13. The first-order valence-corrected chi connectivity index (χ1v) is 6.65. The van der Waals surface area contributed by atoms with Crippen molar-refractivity contribution >= 4 is 34.6 Å². The second kappa shape index (κ2) is 5.54. The van der Waals surface area contributed by atoms with Crippen LogP contribution in [0.5, 0.6) is 0 Å². The molecule has 1 heterocycles. The van der Waals surface area contributed by atoms with Crippen LogP contribution in [-0.4, -0.2) is 15.5 Å². The minimum Gasteiger partial charge on any atom is -0.393 e. The molecule has 0 amide bonds. The standard InChI is InChI=1S/C14H18ClN5/c1-14(2,3)20-13-11(16)12(17-8-18-13)19-10-7-5-4-6-9(10)15/h4-8H,16H2,1-3H3,(H2,17,18,19,20). The topological polar surface area (TPSA) is 75.9 Å². The Morgan fingerprint density at radius 3 is 2.40 bits per heavy atom. The molecule has 2 rings (SSSR count). The summed E-state index contributed by atoms with van der Waals surface area (Å²) in [5, 5.41) is 6.97. The van der Waals surface area contributed by atoms with E-state index in [0.717, 1.165) is 5.69 Å². The number of benzene rings is 1. The average molecular weight is 292 g/mol. The Hall–Kier alpha value is -2.01. The predicted molar refractivity (Wildman–Crippen MR) is 84.6 cm³/mol. The van der Waals surface area contributed by atoms with Gasteiger partial charge in [0.1, 0.15) is 12.0 Å². The molecule has 1 aromatic carbocycles. The minimum absolute atomic E-state index is 0.135. The molecule has 0 aliphatic rings. The number of para-hydroxylation sites is 1. The average Bonchev–Trinajstić information content (AvgIpc) is 2.35. The van der Waals surface area contributed by atoms with Crippen LogP contribution in [0, 0.1) is 0 Å². The van der Waals surface area contributed by atoms with E-state index in [1.54, 1.807) is 6.07 Å². The second-order valence-corrected chi connectivity index (χ2v) is 5.87. The maximum absolute atomic E-state index is 6.11. The highest BCUT2D eigenvalue weighted by Crippen LogP contribution is 2.30. The van der Waals surface area contributed by atoms with Crippen LogP contribution >= 0.6 is 11.6 Å². The summed E-state index contributed by atoms with van der Waals surface area (Å²) in [6, 6.07) is 7.42. The van der Waals surface area contributed by atoms with Crippen molar-refractivity contribution in [3.8, 4) is 0 Å². The van der Waals surface area contributed by atoms with Gasteiger partial charge in [0.25, 0.3) is 0 Å². The van der Waals surface area contributed by atoms with E-state index in [-0.39, 0.29) is 5.54 Å². The number of nitrogens with zero attached hydrogens (tertiary/aromatic N) is 2. The van der Waals surface area contributed by atoms with Crippen molar-refractivity contribution in [1.82, 2.24) is 9.97 Å². The van der Waals surface area contributed by atoms with Gasteiger partial charge in [0.2, 0.25) is 0 Å². The first-order valence-electron chi connectivity index (χ1n) is 6.27. The first-order chi connectivity index (χ1) is 9.37. The lowest BCUT2D eigenvalue weighted by molar-refractivity contribution is 0.630. The SMILES string of the molecule is CC(C)(C)Nc1ncnc(Nc2ccccc2Cl)c1N. The van der Waals surface area contributed by atoms with Gasteiger partial charge in [0.15, 0.2) is 11.6 Å². The van der Waals surface area contributed by atoms with Crippen LogP contribution in [0.3, 0.4) is 0 Å². The van der Waals surface area contributed by atoms with Gasteiger partial charge in [-0.1, -0.05) is 23.7 Å². The molecule has 0 aliphatic heterocycles. The van der Waals surface area contributed by atoms with Gasteiger partial charge >= 0.3 is 0 Å². The predicted octanol–water partition coefficient (Wildman–Crippen LogP) is 3.67. The molecule has 6 heteroatoms. The van der Waals surface area contributed by atoms with Gasteiger partial charge in [0, 0.05) is 5.54 Å². The maximum Gasteiger partial charge on any atom is 0.159 e. The Morgan fingerprint density at radius 1 is 1.10 bits per heavy atom. The van der Waals surface area contributed by atoms with E-state index < -0.39 is 0 Å². The van der Waals surface area contributed by atoms with Crippen molar-refractivity contribution < 1.29 is 0 Å². The largest absolute Gasteiger partial charge is 0.393 e. The number of aromatic nitrogens is 2. The molecule has 20 heavy (non-hydrogen) atoms. The molecule has 0 fully saturated rings. The van der Waals surface area contributed by atoms with Crippen LogP contribution in [0.25, 0.3) is 0 Å². The number of anilines is 4. The molecule has 2 aromatic rings. The molecule has 0 aliphatic carbocycles. The summed E-state index contributed by atoms with van der Waals surface area (Å²) < 4.78 is 0. The fourth-order valence-electron chi connectivity index (χ4n) is 1.64. The van der Waals surface area contributed by atoms with E-state index >= 15 is 0 Å². The molecule has 0 saturated carbocycles. The van der Waals surface area contributed by atoms with Gasteiger partial charge in [-0.25, -0.2) is 9.97 Å². The summed E-state index contributed by atoms with van der Waals surface area (Å²) in [5.41, 5.74) is 7.17. The minimum atomic E-state index is -0.135. The maximum atomic E-state index is 6.11. The molecule has 0 bridgehead atoms. The Bertz CT molecular complexity index is 607. The molecule has 0 spiro atoms. The molecule has 0 radical (unpaired) electrons. The highest BCUT2D eigenvalue weighted by molar-refractivity contribution is 6.33. The van der Waals surface area contributed by atoms with Crippen molar-refractivity contribution in [2.75, 3.05) is 16.4 Å². The van der Waals surface area contributed by atoms with Crippen LogP contribution in [0.2, 0.25) is 5.02 Å². The smallest absolute Gasteiger partial charge is 0.159 e. The number of nitrogens with one attached hydrogen (secondary N) is 2. The summed E-state index contributed by atoms with van der Waals surface area (Å²) in [7, 11) is 0. The Labute approximate surface area is 123 Å². The Kier molecular flexibility index (Phi) is 3.99. The first kappa shape index (κ1) is 14.4. The third-order valence-electron chi connectivity index (χ3n) is 2.50. The number of hydrogen-bond donors (Lipinski definition) is 3. The summed E-state index contributed by atoms with van der Waals surface area (Å²) in [6.45, 7) is 6.11. The van der Waals surface area contributed by atoms with E-state index in [1.807, 2.05) is 39.0 Å². The summed E-state index contributed by atoms with van der Waals surface area (Å²) in [4.78, 5) is 8.33. The Balaban J connectivity index is 2.30. The number of rotatable bonds is 3. The highest BCUT2D eigenvalue weighted by Gasteiger charge is 2.15. The molecule has 1 aromatic heterocycles. The van der Waals surface area contributed by atoms with Crippen LogP contribution in [-0.2, 0) is 0 Å². The van der Waals surface area contributed by atoms with Gasteiger partial charge in [0.05, 0.1) is 10.7 Å². The fourth-order valence-corrected chi connectivity index (χ4v) is 1.82. The number of halogens is 1. The van der Waals surface area contributed by atoms with Gasteiger partial charge in [-0.05, 0) is 32.9 Å². The lowest BCUT2D eigenvalue weighted by Gasteiger charge is -2.22. The monoisotopic (exact) mass is 291 g/mol. The van der Waals surface area contributed by atoms with Crippen molar-refractivity contribution in [2.24, 2.45) is 0 Å². The van der Waals surface area contributed by atoms with E-state index in [1.165, 1.54) is 6.33 Å². The van der Waals surface area contributed by atoms with Crippen molar-refractivity contribution in [2.45, 2.75) is 26.3 Å². The normalized spacial score (nSPS) is 11.2. The molecular weight excluding hydrogens is 274 g/mol. The zero-order valence-electron chi connectivity index (χ0n) is 11.7. The third kappa shape index (κ3) is 3.51. The molecule has 5 nitrogen and oxygen atoms in total. The number of nitrogens with two attached hydrogens (primary N) is 1. The van der Waals surface area contributed by atoms with E-state index in [4.69, 9.17) is 17.3 Å². The van der Waals surface area contributed by atoms with E-state index in [9.17, 15) is 0 Å². The quantitative estimate of drug-likeness (QED) is 0.804. The van der Waals surface area contributed by atoms with E-state index in [2.05, 4.69) is 20.6 Å². The van der Waals surface area contributed by atoms with Crippen molar-refractivity contribution in [3.05, 3.63) is 35.6 Å². The molecule has 0 unspecified atom stereocenters. The molecular formula is C14H18ClN5. The van der Waals surface area contributed by atoms with Gasteiger partial charge in [-0.2, -0.15) is 0 Å². The zero-order valence-corrected chi connectivity index (χ0v) is 12.5. The van der Waals surface area contributed by atoms with Crippen LogP contribution < -0.4 is 16.4 Å². The lowest BCUT2D eigenvalue weighted by atomic mass is 10.1. The van der Waals surface area contributed by atoms with Crippen LogP contribution in [0.4, 0.5) is 23.0 Å². The zero-order chi connectivity index (χ0) is 14.8. The molecule has 0 atom stereocenters. The fraction of sp³-hybridized carbons (Fsp3) is 0.286. The summed E-state index contributed by atoms with van der Waals surface area (Å²) in [6.07, 6.45) is 1.46. The summed E-state index contributed by atoms with van der Waals surface area (Å²) >= 11 is 6.11. The lowest BCUT2D eigenvalue weighted by Crippen LogP contribution is -2.27. The van der Waals surface area contributed by atoms with Crippen LogP contribution in [0.15, 0.2) is 30.6 Å². The number of nitrogen functional groups attached to an aromatic ring is 1. The van der Waals surface area contributed by atoms with Crippen molar-refractivity contribution in [3.63, 3.8) is 0 Å². The van der Waals surface area contributed by atoms with E-state index in [0.29, 0.717) is 22.3 Å². The van der Waals surface area contributed by atoms with Gasteiger partial charge in [-0.15, -0.1) is 0 Å². The molecule has 4 N–H and O–H groups in total. The Morgan fingerprint density at radius 2 is 1.75 bits per heavy atom. The van der Waals surface area contributed by atoms with Gasteiger partial charge < -0.3 is 16.4 Å². The second-order valence-electron chi connectivity index (χ2n) is 5.46. The van der Waals surface area contributed by atoms with Gasteiger partial charge in [-0.3, -0.25) is 0 Å². The van der Waals surface area contributed by atoms with Crippen molar-refractivity contribution in [1.29, 1.82) is 0 Å². The third-order valence-corrected chi connectivity index (χ3v) is 2.83. The van der Waals surface area contributed by atoms with Crippen LogP contribution in [0.1, 0.15) is 20.8 Å². The number of hydrogen-bond acceptors (Lipinski definition) is 5. The molecule has 106 valence electrons. The highest BCUT2D eigenvalue weighted by atomic mass is 35.5. The molecule has 0 saturated heterocycles.